The molecule has 6 nitrogen and oxygen atoms in total. The molecular formula is C14H21N3O3. The lowest BCUT2D eigenvalue weighted by molar-refractivity contribution is 0.0491. The molecule has 20 heavy (non-hydrogen) atoms. The van der Waals surface area contributed by atoms with Crippen LogP contribution in [0.4, 0.5) is 4.79 Å². The Morgan fingerprint density at radius 3 is 2.35 bits per heavy atom. The number of hydrazine groups is 1. The number of rotatable bonds is 5. The van der Waals surface area contributed by atoms with Crippen LogP contribution in [0.1, 0.15) is 31.1 Å². The zero-order valence-electron chi connectivity index (χ0n) is 12.0. The van der Waals surface area contributed by atoms with Gasteiger partial charge in [-0.15, -0.1) is 0 Å². The molecule has 0 saturated carbocycles. The van der Waals surface area contributed by atoms with Gasteiger partial charge in [-0.1, -0.05) is 30.3 Å². The van der Waals surface area contributed by atoms with Crippen LogP contribution < -0.4 is 16.6 Å². The van der Waals surface area contributed by atoms with Crippen LogP contribution >= 0.6 is 0 Å². The van der Waals surface area contributed by atoms with Crippen molar-refractivity contribution in [1.29, 1.82) is 0 Å². The van der Waals surface area contributed by atoms with Gasteiger partial charge in [-0.05, 0) is 20.8 Å². The number of benzene rings is 1. The second kappa shape index (κ2) is 7.02. The number of ether oxygens (including phenoxy) is 1. The van der Waals surface area contributed by atoms with Gasteiger partial charge in [0.15, 0.2) is 5.78 Å². The van der Waals surface area contributed by atoms with E-state index in [0.717, 1.165) is 0 Å². The van der Waals surface area contributed by atoms with Crippen LogP contribution in [0.5, 0.6) is 0 Å². The number of hydrogen-bond acceptors (Lipinski definition) is 5. The molecule has 110 valence electrons. The first-order chi connectivity index (χ1) is 9.33. The third kappa shape index (κ3) is 5.38. The average molecular weight is 279 g/mol. The number of nitrogens with one attached hydrogen (secondary N) is 2. The number of hydrogen-bond donors (Lipinski definition) is 3. The molecule has 0 fully saturated rings. The smallest absolute Gasteiger partial charge is 0.408 e. The SMILES string of the molecule is CC(C)(C)OC(=O)NC(CNN)C(=O)c1ccccc1. The van der Waals surface area contributed by atoms with Crippen LogP contribution in [-0.2, 0) is 4.74 Å². The maximum atomic E-state index is 12.3. The molecule has 0 aliphatic rings. The summed E-state index contributed by atoms with van der Waals surface area (Å²) in [5.41, 5.74) is 2.27. The van der Waals surface area contributed by atoms with Crippen LogP contribution in [0.25, 0.3) is 0 Å². The third-order valence-corrected chi connectivity index (χ3v) is 2.39. The Morgan fingerprint density at radius 1 is 1.25 bits per heavy atom. The maximum Gasteiger partial charge on any atom is 0.408 e. The summed E-state index contributed by atoms with van der Waals surface area (Å²) in [6.07, 6.45) is -0.651. The van der Waals surface area contributed by atoms with E-state index in [1.54, 1.807) is 45.0 Å². The summed E-state index contributed by atoms with van der Waals surface area (Å²) < 4.78 is 5.13. The summed E-state index contributed by atoms with van der Waals surface area (Å²) >= 11 is 0. The molecule has 1 unspecified atom stereocenters. The van der Waals surface area contributed by atoms with E-state index in [-0.39, 0.29) is 12.3 Å². The Morgan fingerprint density at radius 2 is 1.85 bits per heavy atom. The average Bonchev–Trinajstić information content (AvgIpc) is 2.36. The molecule has 0 aliphatic heterocycles. The molecule has 1 aromatic rings. The Kier molecular flexibility index (Phi) is 5.66. The van der Waals surface area contributed by atoms with Crippen molar-refractivity contribution >= 4 is 11.9 Å². The fraction of sp³-hybridized carbons (Fsp3) is 0.429. The molecular weight excluding hydrogens is 258 g/mol. The van der Waals surface area contributed by atoms with Gasteiger partial charge in [-0.3, -0.25) is 16.1 Å². The number of carbonyl (C=O) groups excluding carboxylic acids is 2. The molecule has 0 bridgehead atoms. The molecule has 4 N–H and O–H groups in total. The van der Waals surface area contributed by atoms with E-state index in [2.05, 4.69) is 10.7 Å². The molecule has 6 heteroatoms. The molecule has 0 radical (unpaired) electrons. The third-order valence-electron chi connectivity index (χ3n) is 2.39. The van der Waals surface area contributed by atoms with E-state index in [1.165, 1.54) is 0 Å². The largest absolute Gasteiger partial charge is 0.444 e. The van der Waals surface area contributed by atoms with E-state index < -0.39 is 17.7 Å². The van der Waals surface area contributed by atoms with Gasteiger partial charge in [0.25, 0.3) is 0 Å². The predicted octanol–water partition coefficient (Wildman–Crippen LogP) is 1.23. The Bertz CT molecular complexity index is 454. The van der Waals surface area contributed by atoms with Crippen LogP contribution in [-0.4, -0.2) is 30.1 Å². The van der Waals surface area contributed by atoms with Gasteiger partial charge in [0, 0.05) is 12.1 Å². The van der Waals surface area contributed by atoms with E-state index in [9.17, 15) is 9.59 Å². The van der Waals surface area contributed by atoms with E-state index in [0.29, 0.717) is 5.56 Å². The van der Waals surface area contributed by atoms with E-state index in [4.69, 9.17) is 10.6 Å². The van der Waals surface area contributed by atoms with Crippen LogP contribution in [0.15, 0.2) is 30.3 Å². The fourth-order valence-corrected chi connectivity index (χ4v) is 1.58. The highest BCUT2D eigenvalue weighted by Gasteiger charge is 2.24. The van der Waals surface area contributed by atoms with Gasteiger partial charge in [0.2, 0.25) is 0 Å². The second-order valence-corrected chi connectivity index (χ2v) is 5.34. The molecule has 0 spiro atoms. The molecule has 0 heterocycles. The van der Waals surface area contributed by atoms with Crippen molar-refractivity contribution in [3.8, 4) is 0 Å². The van der Waals surface area contributed by atoms with Gasteiger partial charge >= 0.3 is 6.09 Å². The Hall–Kier alpha value is -1.92. The van der Waals surface area contributed by atoms with Gasteiger partial charge < -0.3 is 10.1 Å². The van der Waals surface area contributed by atoms with Crippen LogP contribution in [0.2, 0.25) is 0 Å². The topological polar surface area (TPSA) is 93.4 Å². The minimum Gasteiger partial charge on any atom is -0.444 e. The quantitative estimate of drug-likeness (QED) is 0.428. The minimum atomic E-state index is -0.780. The number of nitrogens with two attached hydrogens (primary N) is 1. The number of ketones is 1. The van der Waals surface area contributed by atoms with Gasteiger partial charge in [0.1, 0.15) is 11.6 Å². The first-order valence-electron chi connectivity index (χ1n) is 6.36. The summed E-state index contributed by atoms with van der Waals surface area (Å²) in [5, 5.41) is 2.52. The number of alkyl carbamates (subject to hydrolysis) is 1. The van der Waals surface area contributed by atoms with Crippen molar-refractivity contribution in [1.82, 2.24) is 10.7 Å². The van der Waals surface area contributed by atoms with Gasteiger partial charge in [-0.2, -0.15) is 0 Å². The summed E-state index contributed by atoms with van der Waals surface area (Å²) in [6, 6.07) is 7.91. The highest BCUT2D eigenvalue weighted by Crippen LogP contribution is 2.08. The summed E-state index contributed by atoms with van der Waals surface area (Å²) in [7, 11) is 0. The Balaban J connectivity index is 2.74. The van der Waals surface area contributed by atoms with Crippen molar-refractivity contribution in [2.75, 3.05) is 6.54 Å². The monoisotopic (exact) mass is 279 g/mol. The second-order valence-electron chi connectivity index (χ2n) is 5.34. The number of Topliss-reactive ketones (excluding diaryl/α,β-unsaturated/α-hetero) is 1. The lowest BCUT2D eigenvalue weighted by atomic mass is 10.0. The normalized spacial score (nSPS) is 12.6. The molecule has 0 saturated heterocycles. The predicted molar refractivity (Wildman–Crippen MR) is 76.1 cm³/mol. The number of carbonyl (C=O) groups is 2. The molecule has 1 rings (SSSR count). The van der Waals surface area contributed by atoms with Crippen LogP contribution in [0, 0.1) is 0 Å². The molecule has 1 aromatic carbocycles. The lowest BCUT2D eigenvalue weighted by Crippen LogP contribution is -2.50. The van der Waals surface area contributed by atoms with Crippen molar-refractivity contribution in [2.24, 2.45) is 5.84 Å². The summed E-state index contributed by atoms with van der Waals surface area (Å²) in [4.78, 5) is 24.0. The first-order valence-corrected chi connectivity index (χ1v) is 6.36. The zero-order valence-corrected chi connectivity index (χ0v) is 12.0. The number of amides is 1. The van der Waals surface area contributed by atoms with Crippen molar-refractivity contribution < 1.29 is 14.3 Å². The summed E-state index contributed by atoms with van der Waals surface area (Å²) in [6.45, 7) is 5.37. The fourth-order valence-electron chi connectivity index (χ4n) is 1.58. The van der Waals surface area contributed by atoms with Gasteiger partial charge in [0.05, 0.1) is 0 Å². The van der Waals surface area contributed by atoms with E-state index >= 15 is 0 Å². The molecule has 1 amide bonds. The summed E-state index contributed by atoms with van der Waals surface area (Å²) in [5.74, 6) is 5.03. The lowest BCUT2D eigenvalue weighted by Gasteiger charge is -2.23. The highest BCUT2D eigenvalue weighted by atomic mass is 16.6. The van der Waals surface area contributed by atoms with Crippen molar-refractivity contribution in [3.63, 3.8) is 0 Å². The van der Waals surface area contributed by atoms with Crippen molar-refractivity contribution in [3.05, 3.63) is 35.9 Å². The maximum absolute atomic E-state index is 12.3. The molecule has 0 aromatic heterocycles. The minimum absolute atomic E-state index is 0.118. The van der Waals surface area contributed by atoms with E-state index in [1.807, 2.05) is 6.07 Å². The molecule has 1 atom stereocenters. The van der Waals surface area contributed by atoms with Gasteiger partial charge in [-0.25, -0.2) is 4.79 Å². The Labute approximate surface area is 118 Å². The van der Waals surface area contributed by atoms with Crippen LogP contribution in [0.3, 0.4) is 0 Å². The first kappa shape index (κ1) is 16.1. The highest BCUT2D eigenvalue weighted by molar-refractivity contribution is 6.01. The molecule has 0 aliphatic carbocycles. The van der Waals surface area contributed by atoms with Crippen molar-refractivity contribution in [2.45, 2.75) is 32.4 Å². The zero-order chi connectivity index (χ0) is 15.2. The standard InChI is InChI=1S/C14H21N3O3/c1-14(2,3)20-13(19)17-11(9-16-15)12(18)10-7-5-4-6-8-10/h4-8,11,16H,9,15H2,1-3H3,(H,17,19).